The molecular weight excluding hydrogens is 364 g/mol. The fourth-order valence-corrected chi connectivity index (χ4v) is 4.34. The lowest BCUT2D eigenvalue weighted by molar-refractivity contribution is 0.0657. The average molecular weight is 388 g/mol. The van der Waals surface area contributed by atoms with Gasteiger partial charge in [0.2, 0.25) is 0 Å². The van der Waals surface area contributed by atoms with Crippen LogP contribution in [0, 0.1) is 6.92 Å². The number of hydrogen-bond acceptors (Lipinski definition) is 5. The van der Waals surface area contributed by atoms with Gasteiger partial charge in [-0.2, -0.15) is 4.37 Å². The number of carbonyl (C=O) groups excluding carboxylic acids is 2. The summed E-state index contributed by atoms with van der Waals surface area (Å²) in [4.78, 5) is 28.8. The van der Waals surface area contributed by atoms with Gasteiger partial charge in [0.05, 0.1) is 10.8 Å². The number of amides is 3. The number of aromatic nitrogens is 1. The van der Waals surface area contributed by atoms with Gasteiger partial charge in [0.1, 0.15) is 5.69 Å². The van der Waals surface area contributed by atoms with Crippen LogP contribution in [-0.4, -0.2) is 71.5 Å². The number of urea groups is 1. The van der Waals surface area contributed by atoms with Gasteiger partial charge < -0.3 is 19.9 Å². The number of carbonyl (C=O) groups is 2. The first kappa shape index (κ1) is 18.2. The topological polar surface area (TPSA) is 74.8 Å². The van der Waals surface area contributed by atoms with E-state index in [1.807, 2.05) is 25.1 Å². The number of aryl methyl sites for hydroxylation is 1. The normalized spacial score (nSPS) is 20.3. The highest BCUT2D eigenvalue weighted by Gasteiger charge is 2.27. The molecule has 27 heavy (non-hydrogen) atoms. The Kier molecular flexibility index (Phi) is 5.27. The summed E-state index contributed by atoms with van der Waals surface area (Å²) < 4.78 is 10.9. The van der Waals surface area contributed by atoms with Crippen molar-refractivity contribution in [3.63, 3.8) is 0 Å². The molecule has 4 rings (SSSR count). The molecule has 0 saturated carbocycles. The lowest BCUT2D eigenvalue weighted by Crippen LogP contribution is -2.53. The van der Waals surface area contributed by atoms with Crippen LogP contribution >= 0.6 is 11.5 Å². The SMILES string of the molecule is Cc1ccc2snc(C(=O)N3CCN(C(=O)NC[C@@H]4CCCO4)CC3)c2c1. The molecule has 0 unspecified atom stereocenters. The van der Waals surface area contributed by atoms with Crippen molar-refractivity contribution in [3.05, 3.63) is 29.5 Å². The van der Waals surface area contributed by atoms with E-state index >= 15 is 0 Å². The van der Waals surface area contributed by atoms with E-state index in [0.29, 0.717) is 38.4 Å². The summed E-state index contributed by atoms with van der Waals surface area (Å²) in [6.45, 7) is 5.47. The van der Waals surface area contributed by atoms with Crippen LogP contribution in [0.1, 0.15) is 28.9 Å². The van der Waals surface area contributed by atoms with Crippen molar-refractivity contribution in [3.8, 4) is 0 Å². The number of nitrogens with one attached hydrogen (secondary N) is 1. The standard InChI is InChI=1S/C19H24N4O3S/c1-13-4-5-16-15(11-13)17(21-27-16)18(24)22-6-8-23(9-7-22)19(25)20-12-14-3-2-10-26-14/h4-5,11,14H,2-3,6-10,12H2,1H3,(H,20,25)/t14-/m0/s1. The fraction of sp³-hybridized carbons (Fsp3) is 0.526. The molecule has 144 valence electrons. The number of nitrogens with zero attached hydrogens (tertiary/aromatic N) is 3. The molecule has 0 bridgehead atoms. The van der Waals surface area contributed by atoms with Crippen LogP contribution in [0.15, 0.2) is 18.2 Å². The Hall–Kier alpha value is -2.19. The number of rotatable bonds is 3. The number of benzene rings is 1. The second kappa shape index (κ2) is 7.82. The quantitative estimate of drug-likeness (QED) is 0.875. The molecule has 3 amide bonds. The summed E-state index contributed by atoms with van der Waals surface area (Å²) in [5.41, 5.74) is 1.64. The molecule has 8 heteroatoms. The first-order valence-electron chi connectivity index (χ1n) is 9.41. The van der Waals surface area contributed by atoms with Gasteiger partial charge in [0, 0.05) is 44.7 Å². The van der Waals surface area contributed by atoms with E-state index < -0.39 is 0 Å². The van der Waals surface area contributed by atoms with Crippen LogP contribution in [0.5, 0.6) is 0 Å². The van der Waals surface area contributed by atoms with Crippen molar-refractivity contribution in [2.75, 3.05) is 39.3 Å². The second-order valence-electron chi connectivity index (χ2n) is 7.13. The minimum atomic E-state index is -0.0765. The average Bonchev–Trinajstić information content (AvgIpc) is 3.35. The molecule has 2 aromatic rings. The van der Waals surface area contributed by atoms with Gasteiger partial charge >= 0.3 is 6.03 Å². The molecule has 2 aliphatic heterocycles. The Morgan fingerprint density at radius 2 is 2.04 bits per heavy atom. The predicted molar refractivity (Wildman–Crippen MR) is 104 cm³/mol. The molecular formula is C19H24N4O3S. The van der Waals surface area contributed by atoms with Gasteiger partial charge in [-0.1, -0.05) is 11.6 Å². The molecule has 0 spiro atoms. The Morgan fingerprint density at radius 1 is 1.26 bits per heavy atom. The summed E-state index contributed by atoms with van der Waals surface area (Å²) in [7, 11) is 0. The lowest BCUT2D eigenvalue weighted by atomic mass is 10.1. The van der Waals surface area contributed by atoms with Gasteiger partial charge in [-0.05, 0) is 43.4 Å². The Morgan fingerprint density at radius 3 is 2.78 bits per heavy atom. The molecule has 2 fully saturated rings. The molecule has 1 atom stereocenters. The molecule has 1 aromatic carbocycles. The summed E-state index contributed by atoms with van der Waals surface area (Å²) >= 11 is 1.36. The molecule has 2 aliphatic rings. The smallest absolute Gasteiger partial charge is 0.317 e. The minimum absolute atomic E-state index is 0.0498. The van der Waals surface area contributed by atoms with E-state index in [1.165, 1.54) is 11.5 Å². The lowest BCUT2D eigenvalue weighted by Gasteiger charge is -2.34. The minimum Gasteiger partial charge on any atom is -0.376 e. The zero-order chi connectivity index (χ0) is 18.8. The zero-order valence-electron chi connectivity index (χ0n) is 15.4. The number of hydrogen-bond donors (Lipinski definition) is 1. The van der Waals surface area contributed by atoms with E-state index in [4.69, 9.17) is 4.74 Å². The van der Waals surface area contributed by atoms with Gasteiger partial charge in [0.15, 0.2) is 0 Å². The first-order chi connectivity index (χ1) is 13.1. The highest BCUT2D eigenvalue weighted by atomic mass is 32.1. The molecule has 0 radical (unpaired) electrons. The first-order valence-corrected chi connectivity index (χ1v) is 10.2. The zero-order valence-corrected chi connectivity index (χ0v) is 16.3. The van der Waals surface area contributed by atoms with Crippen molar-refractivity contribution in [1.82, 2.24) is 19.5 Å². The molecule has 7 nitrogen and oxygen atoms in total. The summed E-state index contributed by atoms with van der Waals surface area (Å²) in [6.07, 6.45) is 2.20. The van der Waals surface area contributed by atoms with Crippen LogP contribution in [0.25, 0.3) is 10.1 Å². The van der Waals surface area contributed by atoms with Gasteiger partial charge in [0.25, 0.3) is 5.91 Å². The van der Waals surface area contributed by atoms with Crippen LogP contribution < -0.4 is 5.32 Å². The van der Waals surface area contributed by atoms with Gasteiger partial charge in [-0.25, -0.2) is 4.79 Å². The summed E-state index contributed by atoms with van der Waals surface area (Å²) in [5.74, 6) is -0.0498. The second-order valence-corrected chi connectivity index (χ2v) is 7.94. The fourth-order valence-electron chi connectivity index (χ4n) is 3.59. The third-order valence-corrected chi connectivity index (χ3v) is 6.01. The van der Waals surface area contributed by atoms with Crippen LogP contribution in [0.4, 0.5) is 4.79 Å². The van der Waals surface area contributed by atoms with E-state index in [9.17, 15) is 9.59 Å². The molecule has 1 aromatic heterocycles. The summed E-state index contributed by atoms with van der Waals surface area (Å²) in [5, 5.41) is 3.86. The molecule has 0 aliphatic carbocycles. The van der Waals surface area contributed by atoms with Crippen molar-refractivity contribution in [2.24, 2.45) is 0 Å². The van der Waals surface area contributed by atoms with Crippen molar-refractivity contribution < 1.29 is 14.3 Å². The number of ether oxygens (including phenoxy) is 1. The monoisotopic (exact) mass is 388 g/mol. The highest BCUT2D eigenvalue weighted by Crippen LogP contribution is 2.25. The van der Waals surface area contributed by atoms with Crippen LogP contribution in [-0.2, 0) is 4.74 Å². The van der Waals surface area contributed by atoms with Gasteiger partial charge in [-0.3, -0.25) is 4.79 Å². The Labute approximate surface area is 162 Å². The van der Waals surface area contributed by atoms with Gasteiger partial charge in [-0.15, -0.1) is 0 Å². The summed E-state index contributed by atoms with van der Waals surface area (Å²) in [6, 6.07) is 5.98. The third kappa shape index (κ3) is 3.91. The Balaban J connectivity index is 1.33. The third-order valence-electron chi connectivity index (χ3n) is 5.19. The predicted octanol–water partition coefficient (Wildman–Crippen LogP) is 2.25. The van der Waals surface area contributed by atoms with Crippen molar-refractivity contribution in [2.45, 2.75) is 25.9 Å². The van der Waals surface area contributed by atoms with E-state index in [0.717, 1.165) is 35.1 Å². The maximum Gasteiger partial charge on any atom is 0.317 e. The van der Waals surface area contributed by atoms with Crippen molar-refractivity contribution in [1.29, 1.82) is 0 Å². The maximum atomic E-state index is 12.9. The van der Waals surface area contributed by atoms with Crippen molar-refractivity contribution >= 4 is 33.6 Å². The number of piperazine rings is 1. The van der Waals surface area contributed by atoms with E-state index in [-0.39, 0.29) is 18.0 Å². The Bertz CT molecular complexity index is 839. The van der Waals surface area contributed by atoms with Crippen LogP contribution in [0.2, 0.25) is 0 Å². The molecule has 1 N–H and O–H groups in total. The highest BCUT2D eigenvalue weighted by molar-refractivity contribution is 7.13. The van der Waals surface area contributed by atoms with E-state index in [2.05, 4.69) is 9.69 Å². The van der Waals surface area contributed by atoms with Crippen LogP contribution in [0.3, 0.4) is 0 Å². The van der Waals surface area contributed by atoms with E-state index in [1.54, 1.807) is 9.80 Å². The largest absolute Gasteiger partial charge is 0.376 e. The molecule has 2 saturated heterocycles. The maximum absolute atomic E-state index is 12.9. The number of fused-ring (bicyclic) bond motifs is 1. The molecule has 3 heterocycles.